The number of carboxylic acids is 1. The number of hydrogen-bond donors (Lipinski definition) is 1. The fraction of sp³-hybridized carbons (Fsp3) is 0.500. The average Bonchev–Trinajstić information content (AvgIpc) is 2.93. The van der Waals surface area contributed by atoms with Crippen molar-refractivity contribution in [1.82, 2.24) is 9.80 Å². The van der Waals surface area contributed by atoms with Gasteiger partial charge in [-0.15, -0.1) is 0 Å². The van der Waals surface area contributed by atoms with E-state index in [4.69, 9.17) is 14.6 Å². The summed E-state index contributed by atoms with van der Waals surface area (Å²) in [5, 5.41) is 8.75. The second kappa shape index (κ2) is 6.55. The summed E-state index contributed by atoms with van der Waals surface area (Å²) in [6.45, 7) is 1.90. The third-order valence-corrected chi connectivity index (χ3v) is 4.34. The number of likely N-dealkylation sites (tertiary alicyclic amines) is 1. The third kappa shape index (κ3) is 3.46. The molecule has 0 spiro atoms. The molecular weight excluding hydrogens is 300 g/mol. The predicted octanol–water partition coefficient (Wildman–Crippen LogP) is 0.191. The summed E-state index contributed by atoms with van der Waals surface area (Å²) in [7, 11) is 1.82. The van der Waals surface area contributed by atoms with Crippen LogP contribution in [0.15, 0.2) is 24.3 Å². The SMILES string of the molecule is CN1C(=O)CO[C@H]2CN(Cc3ccccc3OCC(=O)O)C[C@@H]21. The van der Waals surface area contributed by atoms with Crippen molar-refractivity contribution in [3.8, 4) is 5.75 Å². The van der Waals surface area contributed by atoms with E-state index in [0.717, 1.165) is 18.7 Å². The van der Waals surface area contributed by atoms with Gasteiger partial charge in [0.25, 0.3) is 0 Å². The zero-order valence-corrected chi connectivity index (χ0v) is 13.0. The van der Waals surface area contributed by atoms with Gasteiger partial charge in [-0.25, -0.2) is 4.79 Å². The molecule has 0 unspecified atom stereocenters. The van der Waals surface area contributed by atoms with E-state index in [1.54, 1.807) is 11.0 Å². The van der Waals surface area contributed by atoms with Crippen LogP contribution in [0.3, 0.4) is 0 Å². The minimum absolute atomic E-state index is 0.0123. The number of carbonyl (C=O) groups is 2. The quantitative estimate of drug-likeness (QED) is 0.834. The fourth-order valence-electron chi connectivity index (χ4n) is 3.12. The van der Waals surface area contributed by atoms with E-state index < -0.39 is 5.97 Å². The Morgan fingerprint density at radius 1 is 1.39 bits per heavy atom. The lowest BCUT2D eigenvalue weighted by Crippen LogP contribution is -2.51. The summed E-state index contributed by atoms with van der Waals surface area (Å²) < 4.78 is 11.0. The van der Waals surface area contributed by atoms with Crippen molar-refractivity contribution in [3.63, 3.8) is 0 Å². The van der Waals surface area contributed by atoms with Crippen molar-refractivity contribution in [2.24, 2.45) is 0 Å². The van der Waals surface area contributed by atoms with Crippen molar-refractivity contribution < 1.29 is 24.2 Å². The minimum atomic E-state index is -1.000. The molecule has 2 saturated heterocycles. The molecule has 0 saturated carbocycles. The Kier molecular flexibility index (Phi) is 4.49. The van der Waals surface area contributed by atoms with Crippen molar-refractivity contribution in [2.45, 2.75) is 18.7 Å². The van der Waals surface area contributed by atoms with Gasteiger partial charge >= 0.3 is 5.97 Å². The monoisotopic (exact) mass is 320 g/mol. The van der Waals surface area contributed by atoms with Crippen molar-refractivity contribution in [1.29, 1.82) is 0 Å². The van der Waals surface area contributed by atoms with Gasteiger partial charge in [-0.2, -0.15) is 0 Å². The first-order chi connectivity index (χ1) is 11.0. The van der Waals surface area contributed by atoms with Gasteiger partial charge < -0.3 is 19.5 Å². The number of carboxylic acid groups (broad SMARTS) is 1. The number of aliphatic carboxylic acids is 1. The number of hydrogen-bond acceptors (Lipinski definition) is 5. The summed E-state index contributed by atoms with van der Waals surface area (Å²) in [5.74, 6) is -0.408. The molecule has 2 atom stereocenters. The summed E-state index contributed by atoms with van der Waals surface area (Å²) in [6.07, 6.45) is 0.0322. The lowest BCUT2D eigenvalue weighted by atomic mass is 10.1. The van der Waals surface area contributed by atoms with Crippen LogP contribution in [0, 0.1) is 0 Å². The molecule has 23 heavy (non-hydrogen) atoms. The maximum absolute atomic E-state index is 11.7. The van der Waals surface area contributed by atoms with Crippen LogP contribution in [0.25, 0.3) is 0 Å². The van der Waals surface area contributed by atoms with Crippen LogP contribution in [0.1, 0.15) is 5.56 Å². The van der Waals surface area contributed by atoms with Crippen LogP contribution in [0.5, 0.6) is 5.75 Å². The molecule has 1 N–H and O–H groups in total. The zero-order chi connectivity index (χ0) is 16.4. The van der Waals surface area contributed by atoms with E-state index in [2.05, 4.69) is 4.90 Å². The molecule has 2 heterocycles. The van der Waals surface area contributed by atoms with E-state index in [-0.39, 0.29) is 31.3 Å². The van der Waals surface area contributed by atoms with Gasteiger partial charge in [-0.05, 0) is 6.07 Å². The van der Waals surface area contributed by atoms with E-state index >= 15 is 0 Å². The molecule has 0 aromatic heterocycles. The van der Waals surface area contributed by atoms with Crippen molar-refractivity contribution in [3.05, 3.63) is 29.8 Å². The number of likely N-dealkylation sites (N-methyl/N-ethyl adjacent to an activating group) is 1. The topological polar surface area (TPSA) is 79.3 Å². The van der Waals surface area contributed by atoms with Crippen LogP contribution in [-0.2, 0) is 20.9 Å². The number of fused-ring (bicyclic) bond motifs is 1. The molecule has 124 valence electrons. The largest absolute Gasteiger partial charge is 0.482 e. The van der Waals surface area contributed by atoms with Crippen LogP contribution in [-0.4, -0.2) is 72.3 Å². The lowest BCUT2D eigenvalue weighted by Gasteiger charge is -2.33. The number of rotatable bonds is 5. The van der Waals surface area contributed by atoms with Crippen LogP contribution in [0.4, 0.5) is 0 Å². The number of nitrogens with zero attached hydrogens (tertiary/aromatic N) is 2. The molecule has 1 aromatic rings. The first-order valence-corrected chi connectivity index (χ1v) is 7.56. The minimum Gasteiger partial charge on any atom is -0.482 e. The molecule has 1 amide bonds. The van der Waals surface area contributed by atoms with Gasteiger partial charge in [-0.3, -0.25) is 9.69 Å². The fourth-order valence-corrected chi connectivity index (χ4v) is 3.12. The molecule has 0 radical (unpaired) electrons. The van der Waals surface area contributed by atoms with Crippen LogP contribution >= 0.6 is 0 Å². The Labute approximate surface area is 134 Å². The van der Waals surface area contributed by atoms with Gasteiger partial charge in [0, 0.05) is 32.2 Å². The summed E-state index contributed by atoms with van der Waals surface area (Å²) in [5.41, 5.74) is 0.932. The highest BCUT2D eigenvalue weighted by Crippen LogP contribution is 2.26. The number of benzene rings is 1. The average molecular weight is 320 g/mol. The first-order valence-electron chi connectivity index (χ1n) is 7.56. The molecular formula is C16H20N2O5. The summed E-state index contributed by atoms with van der Waals surface area (Å²) in [6, 6.07) is 7.49. The number of para-hydroxylation sites is 1. The molecule has 7 heteroatoms. The maximum Gasteiger partial charge on any atom is 0.341 e. The molecule has 7 nitrogen and oxygen atoms in total. The van der Waals surface area contributed by atoms with E-state index in [1.165, 1.54) is 0 Å². The van der Waals surface area contributed by atoms with E-state index in [9.17, 15) is 9.59 Å². The number of morpholine rings is 1. The third-order valence-electron chi connectivity index (χ3n) is 4.34. The maximum atomic E-state index is 11.7. The highest BCUT2D eigenvalue weighted by molar-refractivity contribution is 5.78. The molecule has 3 rings (SSSR count). The smallest absolute Gasteiger partial charge is 0.341 e. The molecule has 1 aromatic carbocycles. The highest BCUT2D eigenvalue weighted by Gasteiger charge is 2.41. The second-order valence-corrected chi connectivity index (χ2v) is 5.91. The molecule has 2 aliphatic rings. The summed E-state index contributed by atoms with van der Waals surface area (Å²) >= 11 is 0. The Balaban J connectivity index is 1.66. The molecule has 0 aliphatic carbocycles. The number of carbonyl (C=O) groups excluding carboxylic acids is 1. The Hall–Kier alpha value is -2.12. The lowest BCUT2D eigenvalue weighted by molar-refractivity contribution is -0.150. The van der Waals surface area contributed by atoms with E-state index in [0.29, 0.717) is 12.3 Å². The Morgan fingerprint density at radius 2 is 2.17 bits per heavy atom. The van der Waals surface area contributed by atoms with Crippen molar-refractivity contribution in [2.75, 3.05) is 33.4 Å². The normalized spacial score (nSPS) is 24.6. The van der Waals surface area contributed by atoms with E-state index in [1.807, 2.05) is 25.2 Å². The molecule has 2 fully saturated rings. The highest BCUT2D eigenvalue weighted by atomic mass is 16.5. The number of amides is 1. The Morgan fingerprint density at radius 3 is 2.96 bits per heavy atom. The molecule has 2 aliphatic heterocycles. The van der Waals surface area contributed by atoms with Gasteiger partial charge in [-0.1, -0.05) is 18.2 Å². The van der Waals surface area contributed by atoms with Gasteiger partial charge in [0.05, 0.1) is 12.1 Å². The molecule has 0 bridgehead atoms. The Bertz CT molecular complexity index is 606. The number of ether oxygens (including phenoxy) is 2. The van der Waals surface area contributed by atoms with Gasteiger partial charge in [0.2, 0.25) is 5.91 Å². The van der Waals surface area contributed by atoms with Crippen LogP contribution in [0.2, 0.25) is 0 Å². The standard InChI is InChI=1S/C16H20N2O5/c1-17-12-7-18(8-14(12)22-9-15(17)19)6-11-4-2-3-5-13(11)23-10-16(20)21/h2-5,12,14H,6-10H2,1H3,(H,20,21)/t12-,14-/m0/s1. The van der Waals surface area contributed by atoms with Crippen molar-refractivity contribution >= 4 is 11.9 Å². The zero-order valence-electron chi connectivity index (χ0n) is 13.0. The first kappa shape index (κ1) is 15.8. The summed E-state index contributed by atoms with van der Waals surface area (Å²) in [4.78, 5) is 26.4. The van der Waals surface area contributed by atoms with Crippen LogP contribution < -0.4 is 4.74 Å². The van der Waals surface area contributed by atoms with Gasteiger partial charge in [0.15, 0.2) is 6.61 Å². The van der Waals surface area contributed by atoms with Gasteiger partial charge in [0.1, 0.15) is 12.4 Å². The second-order valence-electron chi connectivity index (χ2n) is 5.91. The predicted molar refractivity (Wildman–Crippen MR) is 81.1 cm³/mol.